The summed E-state index contributed by atoms with van der Waals surface area (Å²) in [6, 6.07) is 12.4. The number of ether oxygens (including phenoxy) is 2. The van der Waals surface area contributed by atoms with Crippen molar-refractivity contribution in [2.75, 3.05) is 17.4 Å². The third-order valence-electron chi connectivity index (χ3n) is 4.05. The Kier molecular flexibility index (Phi) is 4.64. The number of nitrogens with one attached hydrogen (secondary N) is 2. The van der Waals surface area contributed by atoms with Gasteiger partial charge >= 0.3 is 6.18 Å². The fraction of sp³-hybridized carbons (Fsp3) is 0.158. The standard InChI is InChI=1S/C19H15F3N4O2/c20-19(21,22)13-3-1-2-4-14(13)25-18-23-8-7-17(26-18)24-10-12-5-6-15-16(9-12)28-11-27-15/h1-9H,10-11H2,(H2,23,24,25,26). The van der Waals surface area contributed by atoms with Crippen LogP contribution in [0.4, 0.5) is 30.6 Å². The van der Waals surface area contributed by atoms with Crippen molar-refractivity contribution in [1.82, 2.24) is 9.97 Å². The number of hydrogen-bond donors (Lipinski definition) is 2. The Morgan fingerprint density at radius 1 is 1.00 bits per heavy atom. The zero-order valence-corrected chi connectivity index (χ0v) is 14.5. The highest BCUT2D eigenvalue weighted by atomic mass is 19.4. The van der Waals surface area contributed by atoms with Crippen molar-refractivity contribution in [3.05, 3.63) is 65.9 Å². The fourth-order valence-corrected chi connectivity index (χ4v) is 2.72. The highest BCUT2D eigenvalue weighted by Gasteiger charge is 2.33. The summed E-state index contributed by atoms with van der Waals surface area (Å²) in [5.41, 5.74) is 0.0556. The van der Waals surface area contributed by atoms with Gasteiger partial charge in [-0.15, -0.1) is 0 Å². The van der Waals surface area contributed by atoms with Crippen LogP contribution in [0.15, 0.2) is 54.7 Å². The third kappa shape index (κ3) is 3.93. The van der Waals surface area contributed by atoms with E-state index in [1.165, 1.54) is 24.4 Å². The van der Waals surface area contributed by atoms with Crippen LogP contribution in [0, 0.1) is 0 Å². The second-order valence-electron chi connectivity index (χ2n) is 5.97. The van der Waals surface area contributed by atoms with Gasteiger partial charge in [-0.25, -0.2) is 4.98 Å². The van der Waals surface area contributed by atoms with Gasteiger partial charge in [-0.05, 0) is 35.9 Å². The SMILES string of the molecule is FC(F)(F)c1ccccc1Nc1nccc(NCc2ccc3c(c2)OCO3)n1. The minimum absolute atomic E-state index is 0.0624. The zero-order chi connectivity index (χ0) is 19.6. The van der Waals surface area contributed by atoms with Crippen LogP contribution in [0.2, 0.25) is 0 Å². The lowest BCUT2D eigenvalue weighted by molar-refractivity contribution is -0.136. The number of rotatable bonds is 5. The first kappa shape index (κ1) is 17.9. The molecule has 2 aromatic carbocycles. The summed E-state index contributed by atoms with van der Waals surface area (Å²) in [5.74, 6) is 1.90. The molecule has 0 radical (unpaired) electrons. The Morgan fingerprint density at radius 2 is 1.82 bits per heavy atom. The van der Waals surface area contributed by atoms with Gasteiger partial charge in [-0.3, -0.25) is 0 Å². The van der Waals surface area contributed by atoms with Crippen molar-refractivity contribution in [3.8, 4) is 11.5 Å². The topological polar surface area (TPSA) is 68.3 Å². The number of anilines is 3. The van der Waals surface area contributed by atoms with Crippen LogP contribution in [-0.4, -0.2) is 16.8 Å². The van der Waals surface area contributed by atoms with Gasteiger partial charge in [0, 0.05) is 12.7 Å². The van der Waals surface area contributed by atoms with Crippen LogP contribution in [0.5, 0.6) is 11.5 Å². The van der Waals surface area contributed by atoms with E-state index >= 15 is 0 Å². The van der Waals surface area contributed by atoms with Crippen molar-refractivity contribution in [1.29, 1.82) is 0 Å². The molecule has 0 saturated carbocycles. The number of benzene rings is 2. The summed E-state index contributed by atoms with van der Waals surface area (Å²) >= 11 is 0. The van der Waals surface area contributed by atoms with Crippen molar-refractivity contribution < 1.29 is 22.6 Å². The number of alkyl halides is 3. The molecular weight excluding hydrogens is 373 g/mol. The highest BCUT2D eigenvalue weighted by Crippen LogP contribution is 2.35. The van der Waals surface area contributed by atoms with Crippen LogP contribution in [0.1, 0.15) is 11.1 Å². The summed E-state index contributed by atoms with van der Waals surface area (Å²) < 4.78 is 50.0. The molecule has 0 spiro atoms. The lowest BCUT2D eigenvalue weighted by Crippen LogP contribution is -2.10. The largest absolute Gasteiger partial charge is 0.454 e. The molecule has 3 aromatic rings. The second kappa shape index (κ2) is 7.26. The molecule has 0 atom stereocenters. The predicted octanol–water partition coefficient (Wildman–Crippen LogP) is 4.58. The van der Waals surface area contributed by atoms with Crippen LogP contribution in [-0.2, 0) is 12.7 Å². The zero-order valence-electron chi connectivity index (χ0n) is 14.5. The molecule has 9 heteroatoms. The molecule has 1 aliphatic heterocycles. The number of aromatic nitrogens is 2. The molecule has 2 N–H and O–H groups in total. The molecule has 144 valence electrons. The van der Waals surface area contributed by atoms with E-state index in [2.05, 4.69) is 20.6 Å². The Balaban J connectivity index is 1.47. The van der Waals surface area contributed by atoms with Gasteiger partial charge in [0.1, 0.15) is 5.82 Å². The fourth-order valence-electron chi connectivity index (χ4n) is 2.72. The normalized spacial score (nSPS) is 12.7. The van der Waals surface area contributed by atoms with E-state index in [0.717, 1.165) is 11.6 Å². The molecule has 0 aliphatic carbocycles. The minimum Gasteiger partial charge on any atom is -0.454 e. The van der Waals surface area contributed by atoms with E-state index in [-0.39, 0.29) is 18.4 Å². The highest BCUT2D eigenvalue weighted by molar-refractivity contribution is 5.60. The van der Waals surface area contributed by atoms with Crippen LogP contribution >= 0.6 is 0 Å². The van der Waals surface area contributed by atoms with Gasteiger partial charge in [0.05, 0.1) is 11.3 Å². The second-order valence-corrected chi connectivity index (χ2v) is 5.97. The van der Waals surface area contributed by atoms with E-state index in [9.17, 15) is 13.2 Å². The Morgan fingerprint density at radius 3 is 2.68 bits per heavy atom. The number of fused-ring (bicyclic) bond motifs is 1. The van der Waals surface area contributed by atoms with Crippen molar-refractivity contribution in [3.63, 3.8) is 0 Å². The summed E-state index contributed by atoms with van der Waals surface area (Å²) in [6.45, 7) is 0.652. The first-order valence-electron chi connectivity index (χ1n) is 8.38. The number of para-hydroxylation sites is 1. The van der Waals surface area contributed by atoms with E-state index in [0.29, 0.717) is 23.9 Å². The van der Waals surface area contributed by atoms with Crippen LogP contribution in [0.3, 0.4) is 0 Å². The summed E-state index contributed by atoms with van der Waals surface area (Å²) in [4.78, 5) is 8.22. The first-order chi connectivity index (χ1) is 13.5. The van der Waals surface area contributed by atoms with Crippen molar-refractivity contribution >= 4 is 17.5 Å². The average molecular weight is 388 g/mol. The molecule has 0 saturated heterocycles. The lowest BCUT2D eigenvalue weighted by atomic mass is 10.1. The van der Waals surface area contributed by atoms with Gasteiger partial charge in [-0.2, -0.15) is 18.2 Å². The summed E-state index contributed by atoms with van der Waals surface area (Å²) in [6.07, 6.45) is -3.01. The first-order valence-corrected chi connectivity index (χ1v) is 8.38. The molecule has 4 rings (SSSR count). The third-order valence-corrected chi connectivity index (χ3v) is 4.05. The van der Waals surface area contributed by atoms with E-state index in [4.69, 9.17) is 9.47 Å². The minimum atomic E-state index is -4.47. The quantitative estimate of drug-likeness (QED) is 0.667. The maximum atomic E-state index is 13.1. The molecule has 28 heavy (non-hydrogen) atoms. The average Bonchev–Trinajstić information content (AvgIpc) is 3.14. The molecule has 0 amide bonds. The molecule has 2 heterocycles. The van der Waals surface area contributed by atoms with Gasteiger partial charge in [-0.1, -0.05) is 18.2 Å². The number of halogens is 3. The molecule has 1 aliphatic rings. The van der Waals surface area contributed by atoms with Gasteiger partial charge < -0.3 is 20.1 Å². The van der Waals surface area contributed by atoms with E-state index < -0.39 is 11.7 Å². The Hall–Kier alpha value is -3.49. The Labute approximate surface area is 158 Å². The van der Waals surface area contributed by atoms with Gasteiger partial charge in [0.2, 0.25) is 12.7 Å². The van der Waals surface area contributed by atoms with Gasteiger partial charge in [0.15, 0.2) is 11.5 Å². The number of nitrogens with zero attached hydrogens (tertiary/aromatic N) is 2. The molecule has 6 nitrogen and oxygen atoms in total. The van der Waals surface area contributed by atoms with Crippen LogP contribution < -0.4 is 20.1 Å². The lowest BCUT2D eigenvalue weighted by Gasteiger charge is -2.14. The smallest absolute Gasteiger partial charge is 0.418 e. The van der Waals surface area contributed by atoms with Crippen molar-refractivity contribution in [2.45, 2.75) is 12.7 Å². The maximum Gasteiger partial charge on any atom is 0.418 e. The summed E-state index contributed by atoms with van der Waals surface area (Å²) in [5, 5.41) is 5.75. The van der Waals surface area contributed by atoms with Crippen LogP contribution in [0.25, 0.3) is 0 Å². The number of hydrogen-bond acceptors (Lipinski definition) is 6. The van der Waals surface area contributed by atoms with Crippen molar-refractivity contribution in [2.24, 2.45) is 0 Å². The monoisotopic (exact) mass is 388 g/mol. The molecule has 1 aromatic heterocycles. The van der Waals surface area contributed by atoms with E-state index in [1.807, 2.05) is 18.2 Å². The summed E-state index contributed by atoms with van der Waals surface area (Å²) in [7, 11) is 0. The Bertz CT molecular complexity index is 995. The van der Waals surface area contributed by atoms with E-state index in [1.54, 1.807) is 6.07 Å². The molecule has 0 fully saturated rings. The molecule has 0 bridgehead atoms. The van der Waals surface area contributed by atoms with Gasteiger partial charge in [0.25, 0.3) is 0 Å². The molecule has 0 unspecified atom stereocenters. The molecular formula is C19H15F3N4O2. The predicted molar refractivity (Wildman–Crippen MR) is 96.7 cm³/mol. The maximum absolute atomic E-state index is 13.1.